The van der Waals surface area contributed by atoms with Gasteiger partial charge in [-0.2, -0.15) is 0 Å². The van der Waals surface area contributed by atoms with Crippen LogP contribution in [0.4, 0.5) is 11.4 Å². The monoisotopic (exact) mass is 277 g/mol. The van der Waals surface area contributed by atoms with Crippen LogP contribution < -0.4 is 10.6 Å². The van der Waals surface area contributed by atoms with E-state index in [0.29, 0.717) is 17.8 Å². The van der Waals surface area contributed by atoms with Gasteiger partial charge in [0.05, 0.1) is 6.54 Å². The summed E-state index contributed by atoms with van der Waals surface area (Å²) in [5, 5.41) is 1.18. The van der Waals surface area contributed by atoms with Crippen LogP contribution in [0.2, 0.25) is 0 Å². The Labute approximate surface area is 122 Å². The van der Waals surface area contributed by atoms with Gasteiger partial charge in [-0.25, -0.2) is 0 Å². The highest BCUT2D eigenvalue weighted by Gasteiger charge is 2.28. The number of fused-ring (bicyclic) bond motifs is 2. The fourth-order valence-electron chi connectivity index (χ4n) is 2.95. The van der Waals surface area contributed by atoms with Crippen molar-refractivity contribution in [2.24, 2.45) is 7.05 Å². The predicted octanol–water partition coefficient (Wildman–Crippen LogP) is 2.92. The number of carbonyl (C=O) groups is 1. The lowest BCUT2D eigenvalue weighted by Crippen LogP contribution is -2.22. The topological polar surface area (TPSA) is 51.3 Å². The van der Waals surface area contributed by atoms with E-state index in [4.69, 9.17) is 5.73 Å². The van der Waals surface area contributed by atoms with Gasteiger partial charge in [0.25, 0.3) is 5.91 Å². The molecule has 1 amide bonds. The van der Waals surface area contributed by atoms with Crippen LogP contribution in [-0.4, -0.2) is 10.5 Å². The van der Waals surface area contributed by atoms with Gasteiger partial charge in [0.2, 0.25) is 0 Å². The second-order valence-electron chi connectivity index (χ2n) is 5.48. The summed E-state index contributed by atoms with van der Waals surface area (Å²) in [5.41, 5.74) is 10.2. The van der Waals surface area contributed by atoms with E-state index in [1.54, 1.807) is 11.0 Å². The molecular formula is C17H15N3O. The van der Waals surface area contributed by atoms with Gasteiger partial charge in [-0.05, 0) is 41.3 Å². The Morgan fingerprint density at radius 1 is 1.10 bits per heavy atom. The van der Waals surface area contributed by atoms with Crippen molar-refractivity contribution >= 4 is 28.2 Å². The number of hydrogen-bond acceptors (Lipinski definition) is 2. The summed E-state index contributed by atoms with van der Waals surface area (Å²) in [7, 11) is 2.01. The van der Waals surface area contributed by atoms with E-state index in [1.807, 2.05) is 31.4 Å². The highest BCUT2D eigenvalue weighted by atomic mass is 16.2. The molecule has 1 aromatic heterocycles. The van der Waals surface area contributed by atoms with Crippen LogP contribution in [0.15, 0.2) is 48.7 Å². The Morgan fingerprint density at radius 2 is 1.95 bits per heavy atom. The summed E-state index contributed by atoms with van der Waals surface area (Å²) in [6.07, 6.45) is 2.02. The Kier molecular flexibility index (Phi) is 2.36. The fraction of sp³-hybridized carbons (Fsp3) is 0.118. The van der Waals surface area contributed by atoms with Gasteiger partial charge in [0.15, 0.2) is 0 Å². The van der Waals surface area contributed by atoms with E-state index in [1.165, 1.54) is 5.39 Å². The zero-order valence-corrected chi connectivity index (χ0v) is 11.7. The van der Waals surface area contributed by atoms with Crippen molar-refractivity contribution in [3.05, 3.63) is 59.8 Å². The number of nitrogens with zero attached hydrogens (tertiary/aromatic N) is 2. The molecule has 0 saturated carbocycles. The molecule has 0 bridgehead atoms. The lowest BCUT2D eigenvalue weighted by Gasteiger charge is -2.16. The molecular weight excluding hydrogens is 262 g/mol. The van der Waals surface area contributed by atoms with Gasteiger partial charge in [0, 0.05) is 35.7 Å². The molecule has 104 valence electrons. The maximum Gasteiger partial charge on any atom is 0.259 e. The number of carbonyl (C=O) groups excluding carboxylic acids is 1. The minimum Gasteiger partial charge on any atom is -0.399 e. The van der Waals surface area contributed by atoms with Gasteiger partial charge in [-0.15, -0.1) is 0 Å². The third-order valence-electron chi connectivity index (χ3n) is 4.12. The first-order valence-corrected chi connectivity index (χ1v) is 6.89. The van der Waals surface area contributed by atoms with Crippen molar-refractivity contribution in [3.8, 4) is 0 Å². The maximum absolute atomic E-state index is 12.6. The van der Waals surface area contributed by atoms with Crippen molar-refractivity contribution in [2.45, 2.75) is 6.54 Å². The number of rotatable bonds is 1. The Balaban J connectivity index is 1.80. The van der Waals surface area contributed by atoms with Crippen LogP contribution >= 0.6 is 0 Å². The smallest absolute Gasteiger partial charge is 0.259 e. The lowest BCUT2D eigenvalue weighted by molar-refractivity contribution is 0.0996. The molecule has 1 aliphatic heterocycles. The molecule has 0 aliphatic carbocycles. The van der Waals surface area contributed by atoms with E-state index >= 15 is 0 Å². The van der Waals surface area contributed by atoms with E-state index in [0.717, 1.165) is 16.8 Å². The average Bonchev–Trinajstić information content (AvgIpc) is 3.01. The second-order valence-corrected chi connectivity index (χ2v) is 5.48. The number of nitrogens with two attached hydrogens (primary N) is 1. The highest BCUT2D eigenvalue weighted by Crippen LogP contribution is 2.31. The molecule has 0 spiro atoms. The molecule has 0 fully saturated rings. The number of anilines is 2. The minimum atomic E-state index is 0.0193. The summed E-state index contributed by atoms with van der Waals surface area (Å²) in [5.74, 6) is 0.0193. The van der Waals surface area contributed by atoms with Crippen LogP contribution in [0.5, 0.6) is 0 Å². The van der Waals surface area contributed by atoms with Crippen molar-refractivity contribution < 1.29 is 4.79 Å². The Morgan fingerprint density at radius 3 is 2.81 bits per heavy atom. The first-order chi connectivity index (χ1) is 10.1. The zero-order chi connectivity index (χ0) is 14.6. The number of aromatic nitrogens is 1. The standard InChI is InChI=1S/C17H15N3O/c1-19-7-6-11-3-5-14(9-16(11)19)20-10-12-2-4-13(18)8-15(12)17(20)21/h2-9H,10,18H2,1H3. The summed E-state index contributed by atoms with van der Waals surface area (Å²) in [6, 6.07) is 13.7. The third-order valence-corrected chi connectivity index (χ3v) is 4.12. The van der Waals surface area contributed by atoms with Gasteiger partial charge in [-0.1, -0.05) is 12.1 Å². The van der Waals surface area contributed by atoms with E-state index < -0.39 is 0 Å². The normalized spacial score (nSPS) is 14.0. The van der Waals surface area contributed by atoms with Crippen LogP contribution in [-0.2, 0) is 13.6 Å². The largest absolute Gasteiger partial charge is 0.399 e. The predicted molar refractivity (Wildman–Crippen MR) is 84.3 cm³/mol. The number of hydrogen-bond donors (Lipinski definition) is 1. The van der Waals surface area contributed by atoms with E-state index in [-0.39, 0.29) is 5.91 Å². The van der Waals surface area contributed by atoms with Crippen molar-refractivity contribution in [1.29, 1.82) is 0 Å². The summed E-state index contributed by atoms with van der Waals surface area (Å²) < 4.78 is 2.06. The Hall–Kier alpha value is -2.75. The van der Waals surface area contributed by atoms with Gasteiger partial charge in [-0.3, -0.25) is 4.79 Å². The molecule has 2 aromatic carbocycles. The van der Waals surface area contributed by atoms with E-state index in [2.05, 4.69) is 22.8 Å². The Bertz CT molecular complexity index is 879. The van der Waals surface area contributed by atoms with Gasteiger partial charge < -0.3 is 15.2 Å². The van der Waals surface area contributed by atoms with Crippen molar-refractivity contribution in [2.75, 3.05) is 10.6 Å². The molecule has 21 heavy (non-hydrogen) atoms. The molecule has 1 aliphatic rings. The quantitative estimate of drug-likeness (QED) is 0.695. The summed E-state index contributed by atoms with van der Waals surface area (Å²) >= 11 is 0. The van der Waals surface area contributed by atoms with Gasteiger partial charge >= 0.3 is 0 Å². The van der Waals surface area contributed by atoms with Crippen LogP contribution in [0.3, 0.4) is 0 Å². The van der Waals surface area contributed by atoms with Crippen LogP contribution in [0.25, 0.3) is 10.9 Å². The SMILES string of the molecule is Cn1ccc2ccc(N3Cc4ccc(N)cc4C3=O)cc21. The number of aryl methyl sites for hydroxylation is 1. The number of nitrogen functional groups attached to an aromatic ring is 1. The maximum atomic E-state index is 12.6. The lowest BCUT2D eigenvalue weighted by atomic mass is 10.1. The third kappa shape index (κ3) is 1.72. The molecule has 2 heterocycles. The summed E-state index contributed by atoms with van der Waals surface area (Å²) in [6.45, 7) is 0.602. The van der Waals surface area contributed by atoms with Crippen LogP contribution in [0, 0.1) is 0 Å². The first kappa shape index (κ1) is 12.0. The average molecular weight is 277 g/mol. The highest BCUT2D eigenvalue weighted by molar-refractivity contribution is 6.11. The van der Waals surface area contributed by atoms with E-state index in [9.17, 15) is 4.79 Å². The molecule has 2 N–H and O–H groups in total. The molecule has 4 nitrogen and oxygen atoms in total. The molecule has 0 unspecified atom stereocenters. The number of amides is 1. The molecule has 0 atom stereocenters. The zero-order valence-electron chi connectivity index (χ0n) is 11.7. The summed E-state index contributed by atoms with van der Waals surface area (Å²) in [4.78, 5) is 14.4. The fourth-order valence-corrected chi connectivity index (χ4v) is 2.95. The molecule has 4 heteroatoms. The molecule has 4 rings (SSSR count). The van der Waals surface area contributed by atoms with Crippen LogP contribution in [0.1, 0.15) is 15.9 Å². The first-order valence-electron chi connectivity index (χ1n) is 6.89. The van der Waals surface area contributed by atoms with Crippen molar-refractivity contribution in [1.82, 2.24) is 4.57 Å². The molecule has 0 saturated heterocycles. The molecule has 3 aromatic rings. The minimum absolute atomic E-state index is 0.0193. The number of benzene rings is 2. The second kappa shape index (κ2) is 4.12. The van der Waals surface area contributed by atoms with Gasteiger partial charge in [0.1, 0.15) is 0 Å². The molecule has 0 radical (unpaired) electrons. The van der Waals surface area contributed by atoms with Crippen molar-refractivity contribution in [3.63, 3.8) is 0 Å².